The fourth-order valence-corrected chi connectivity index (χ4v) is 9.56. The predicted molar refractivity (Wildman–Crippen MR) is 225 cm³/mol. The van der Waals surface area contributed by atoms with E-state index >= 15 is 0 Å². The number of nitrogens with zero attached hydrogens (tertiary/aromatic N) is 2. The van der Waals surface area contributed by atoms with Gasteiger partial charge in [-0.2, -0.15) is 0 Å². The van der Waals surface area contributed by atoms with Crippen molar-refractivity contribution in [2.45, 2.75) is 5.41 Å². The Morgan fingerprint density at radius 2 is 1.00 bits per heavy atom. The highest BCUT2D eigenvalue weighted by molar-refractivity contribution is 6.14. The Hall–Kier alpha value is -7.23. The molecule has 0 radical (unpaired) electrons. The minimum Gasteiger partial charge on any atom is -0.454 e. The molecule has 0 unspecified atom stereocenters. The van der Waals surface area contributed by atoms with Gasteiger partial charge in [-0.15, -0.1) is 0 Å². The lowest BCUT2D eigenvalue weighted by molar-refractivity contribution is 0.672. The van der Waals surface area contributed by atoms with E-state index in [1.165, 1.54) is 55.6 Å². The highest BCUT2D eigenvalue weighted by Gasteiger charge is 2.51. The summed E-state index contributed by atoms with van der Waals surface area (Å²) in [6, 6.07) is 70.1. The second kappa shape index (κ2) is 11.4. The van der Waals surface area contributed by atoms with E-state index in [0.29, 0.717) is 0 Å². The largest absolute Gasteiger partial charge is 0.454 e. The van der Waals surface area contributed by atoms with E-state index in [0.717, 1.165) is 50.0 Å². The van der Waals surface area contributed by atoms with Crippen LogP contribution in [0.2, 0.25) is 0 Å². The van der Waals surface area contributed by atoms with Gasteiger partial charge in [0.05, 0.1) is 5.41 Å². The van der Waals surface area contributed by atoms with Gasteiger partial charge < -0.3 is 4.42 Å². The number of aromatic nitrogens is 1. The van der Waals surface area contributed by atoms with Crippen LogP contribution in [0.1, 0.15) is 22.3 Å². The van der Waals surface area contributed by atoms with Gasteiger partial charge in [-0.1, -0.05) is 152 Å². The molecular weight excluding hydrogens is 669 g/mol. The fourth-order valence-electron chi connectivity index (χ4n) is 9.56. The van der Waals surface area contributed by atoms with Crippen LogP contribution in [-0.2, 0) is 5.41 Å². The monoisotopic (exact) mass is 700 g/mol. The van der Waals surface area contributed by atoms with E-state index in [4.69, 9.17) is 9.40 Å². The van der Waals surface area contributed by atoms with Gasteiger partial charge in [-0.3, -0.25) is 4.90 Å². The summed E-state index contributed by atoms with van der Waals surface area (Å²) in [5.74, 6) is 0.827. The summed E-state index contributed by atoms with van der Waals surface area (Å²) >= 11 is 0. The van der Waals surface area contributed by atoms with E-state index in [1.807, 2.05) is 0 Å². The van der Waals surface area contributed by atoms with Crippen molar-refractivity contribution in [3.8, 4) is 33.4 Å². The lowest BCUT2D eigenvalue weighted by Crippen LogP contribution is -2.25. The molecule has 0 fully saturated rings. The smallest absolute Gasteiger partial charge is 0.154 e. The number of hydrogen-bond donors (Lipinski definition) is 0. The summed E-state index contributed by atoms with van der Waals surface area (Å²) in [6.07, 6.45) is 0. The summed E-state index contributed by atoms with van der Waals surface area (Å²) in [7, 11) is 0. The van der Waals surface area contributed by atoms with Crippen LogP contribution in [0.25, 0.3) is 66.2 Å². The summed E-state index contributed by atoms with van der Waals surface area (Å²) in [5.41, 5.74) is 17.0. The van der Waals surface area contributed by atoms with E-state index in [-0.39, 0.29) is 0 Å². The lowest BCUT2D eigenvalue weighted by atomic mass is 9.70. The first-order chi connectivity index (χ1) is 27.3. The highest BCUT2D eigenvalue weighted by atomic mass is 16.3. The van der Waals surface area contributed by atoms with Crippen LogP contribution >= 0.6 is 0 Å². The van der Waals surface area contributed by atoms with Gasteiger partial charge in [0.2, 0.25) is 0 Å². The van der Waals surface area contributed by atoms with Crippen LogP contribution in [0, 0.1) is 0 Å². The van der Waals surface area contributed by atoms with E-state index in [1.54, 1.807) is 0 Å². The lowest BCUT2D eigenvalue weighted by Gasteiger charge is -2.31. The summed E-state index contributed by atoms with van der Waals surface area (Å²) < 4.78 is 6.51. The molecule has 0 N–H and O–H groups in total. The minimum absolute atomic E-state index is 0.393. The molecule has 55 heavy (non-hydrogen) atoms. The highest BCUT2D eigenvalue weighted by Crippen LogP contribution is 2.63. The molecule has 0 atom stereocenters. The van der Waals surface area contributed by atoms with Gasteiger partial charge in [-0.05, 0) is 103 Å². The van der Waals surface area contributed by atoms with Crippen LogP contribution in [-0.4, -0.2) is 4.98 Å². The second-order valence-corrected chi connectivity index (χ2v) is 14.6. The molecule has 0 bridgehead atoms. The topological polar surface area (TPSA) is 29.3 Å². The van der Waals surface area contributed by atoms with Crippen molar-refractivity contribution >= 4 is 50.0 Å². The second-order valence-electron chi connectivity index (χ2n) is 14.6. The first kappa shape index (κ1) is 30.3. The summed E-state index contributed by atoms with van der Waals surface area (Å²) in [6.45, 7) is 0. The van der Waals surface area contributed by atoms with Gasteiger partial charge in [0, 0.05) is 22.1 Å². The standard InChI is InChI=1S/C52H32N2O/c1-2-12-33(13-3-1)34-22-25-36(26-23-34)54(49-31-30-48-50(53-49)42-28-24-35-14-4-5-15-38(35)51(42)55-48)37-27-29-47-43(32-37)41-18-8-11-21-46(41)52(47)44-19-9-6-16-39(44)40-17-7-10-20-45(40)52/h1-32H. The average molecular weight is 701 g/mol. The third-order valence-electron chi connectivity index (χ3n) is 11.9. The van der Waals surface area contributed by atoms with Crippen molar-refractivity contribution in [3.05, 3.63) is 216 Å². The molecule has 1 spiro atoms. The van der Waals surface area contributed by atoms with Gasteiger partial charge in [0.25, 0.3) is 0 Å². The molecule has 256 valence electrons. The van der Waals surface area contributed by atoms with Crippen LogP contribution in [0.5, 0.6) is 0 Å². The Kier molecular flexibility index (Phi) is 6.26. The Balaban J connectivity index is 1.09. The van der Waals surface area contributed by atoms with E-state index < -0.39 is 5.41 Å². The van der Waals surface area contributed by atoms with Gasteiger partial charge in [0.1, 0.15) is 16.9 Å². The average Bonchev–Trinajstić information content (AvgIpc) is 3.88. The summed E-state index contributed by atoms with van der Waals surface area (Å²) in [4.78, 5) is 7.69. The first-order valence-corrected chi connectivity index (χ1v) is 18.9. The quantitative estimate of drug-likeness (QED) is 0.183. The molecule has 2 aliphatic carbocycles. The Morgan fingerprint density at radius 3 is 1.73 bits per heavy atom. The van der Waals surface area contributed by atoms with Crippen molar-refractivity contribution < 1.29 is 4.42 Å². The normalized spacial score (nSPS) is 13.2. The molecule has 10 aromatic rings. The van der Waals surface area contributed by atoms with E-state index in [2.05, 4.69) is 199 Å². The molecule has 2 aromatic heterocycles. The molecule has 0 amide bonds. The molecular formula is C52H32N2O. The maximum absolute atomic E-state index is 6.51. The molecule has 3 heteroatoms. The number of fused-ring (bicyclic) bond motifs is 15. The maximum atomic E-state index is 6.51. The third-order valence-corrected chi connectivity index (χ3v) is 11.9. The van der Waals surface area contributed by atoms with E-state index in [9.17, 15) is 0 Å². The number of anilines is 3. The molecule has 0 saturated carbocycles. The zero-order chi connectivity index (χ0) is 36.1. The first-order valence-electron chi connectivity index (χ1n) is 18.9. The summed E-state index contributed by atoms with van der Waals surface area (Å²) in [5, 5.41) is 3.26. The van der Waals surface area contributed by atoms with Gasteiger partial charge in [0.15, 0.2) is 5.58 Å². The van der Waals surface area contributed by atoms with Crippen molar-refractivity contribution in [1.29, 1.82) is 0 Å². The van der Waals surface area contributed by atoms with Crippen molar-refractivity contribution in [2.24, 2.45) is 0 Å². The number of pyridine rings is 1. The van der Waals surface area contributed by atoms with Gasteiger partial charge >= 0.3 is 0 Å². The predicted octanol–water partition coefficient (Wildman–Crippen LogP) is 13.6. The Morgan fingerprint density at radius 1 is 0.418 bits per heavy atom. The number of benzene rings is 8. The zero-order valence-electron chi connectivity index (χ0n) is 29.8. The molecule has 0 saturated heterocycles. The van der Waals surface area contributed by atoms with Crippen LogP contribution in [0.15, 0.2) is 199 Å². The SMILES string of the molecule is c1ccc(-c2ccc(N(c3ccc4c(c3)-c3ccccc3C43c4ccccc4-c4ccccc43)c3ccc4oc5c6ccccc6ccc5c4n3)cc2)cc1. The number of hydrogen-bond acceptors (Lipinski definition) is 3. The van der Waals surface area contributed by atoms with Crippen LogP contribution in [0.4, 0.5) is 17.2 Å². The Labute approximate surface area is 318 Å². The Bertz CT molecular complexity index is 3110. The fraction of sp³-hybridized carbons (Fsp3) is 0.0192. The van der Waals surface area contributed by atoms with Crippen molar-refractivity contribution in [2.75, 3.05) is 4.90 Å². The zero-order valence-corrected chi connectivity index (χ0v) is 29.8. The van der Waals surface area contributed by atoms with Crippen molar-refractivity contribution in [3.63, 3.8) is 0 Å². The number of rotatable bonds is 4. The number of furan rings is 1. The van der Waals surface area contributed by atoms with Crippen LogP contribution in [0.3, 0.4) is 0 Å². The van der Waals surface area contributed by atoms with Gasteiger partial charge in [-0.25, -0.2) is 4.98 Å². The van der Waals surface area contributed by atoms with Crippen LogP contribution < -0.4 is 4.90 Å². The molecule has 8 aromatic carbocycles. The maximum Gasteiger partial charge on any atom is 0.154 e. The molecule has 0 aliphatic heterocycles. The minimum atomic E-state index is -0.393. The third kappa shape index (κ3) is 4.18. The molecule has 3 nitrogen and oxygen atoms in total. The van der Waals surface area contributed by atoms with Crippen molar-refractivity contribution in [1.82, 2.24) is 4.98 Å². The molecule has 2 heterocycles. The molecule has 12 rings (SSSR count). The molecule has 2 aliphatic rings.